The normalized spacial score (nSPS) is 25.0. The van der Waals surface area contributed by atoms with Crippen molar-refractivity contribution in [3.05, 3.63) is 70.8 Å². The molecule has 2 aromatic rings. The first-order valence-corrected chi connectivity index (χ1v) is 8.59. The van der Waals surface area contributed by atoms with Crippen molar-refractivity contribution in [2.45, 2.75) is 18.4 Å². The van der Waals surface area contributed by atoms with Gasteiger partial charge in [-0.3, -0.25) is 4.90 Å². The van der Waals surface area contributed by atoms with Crippen molar-refractivity contribution in [2.75, 3.05) is 33.2 Å². The number of fused-ring (bicyclic) bond motifs is 1. The van der Waals surface area contributed by atoms with Gasteiger partial charge in [-0.1, -0.05) is 18.2 Å². The average molecular weight is 328 g/mol. The number of nitrogens with zero attached hydrogens (tertiary/aromatic N) is 2. The van der Waals surface area contributed by atoms with E-state index in [-0.39, 0.29) is 23.6 Å². The summed E-state index contributed by atoms with van der Waals surface area (Å²) < 4.78 is 27.1. The molecule has 1 saturated heterocycles. The highest BCUT2D eigenvalue weighted by molar-refractivity contribution is 5.44. The Kier molecular flexibility index (Phi) is 4.10. The smallest absolute Gasteiger partial charge is 0.123 e. The molecule has 4 heteroatoms. The molecule has 0 saturated carbocycles. The number of hydrogen-bond acceptors (Lipinski definition) is 2. The summed E-state index contributed by atoms with van der Waals surface area (Å²) in [4.78, 5) is 4.80. The van der Waals surface area contributed by atoms with Gasteiger partial charge < -0.3 is 4.90 Å². The molecule has 0 spiro atoms. The zero-order valence-corrected chi connectivity index (χ0v) is 13.9. The Morgan fingerprint density at radius 1 is 0.833 bits per heavy atom. The highest BCUT2D eigenvalue weighted by Crippen LogP contribution is 2.47. The lowest BCUT2D eigenvalue weighted by molar-refractivity contribution is 0.110. The average Bonchev–Trinajstić information content (AvgIpc) is 2.95. The van der Waals surface area contributed by atoms with Crippen LogP contribution < -0.4 is 0 Å². The van der Waals surface area contributed by atoms with Gasteiger partial charge in [-0.05, 0) is 54.4 Å². The van der Waals surface area contributed by atoms with Crippen molar-refractivity contribution in [3.8, 4) is 0 Å². The zero-order valence-electron chi connectivity index (χ0n) is 13.9. The molecule has 0 aromatic heterocycles. The van der Waals surface area contributed by atoms with Gasteiger partial charge in [-0.2, -0.15) is 0 Å². The van der Waals surface area contributed by atoms with Crippen LogP contribution in [0.5, 0.6) is 0 Å². The van der Waals surface area contributed by atoms with E-state index in [1.807, 2.05) is 18.2 Å². The van der Waals surface area contributed by atoms with Crippen LogP contribution in [0.25, 0.3) is 0 Å². The molecule has 4 rings (SSSR count). The molecule has 1 unspecified atom stereocenters. The lowest BCUT2D eigenvalue weighted by atomic mass is 9.93. The fraction of sp³-hybridized carbons (Fsp3) is 0.400. The van der Waals surface area contributed by atoms with Gasteiger partial charge in [0.15, 0.2) is 0 Å². The van der Waals surface area contributed by atoms with Gasteiger partial charge in [0.2, 0.25) is 0 Å². The van der Waals surface area contributed by atoms with E-state index in [1.54, 1.807) is 12.1 Å². The molecule has 2 nitrogen and oxygen atoms in total. The van der Waals surface area contributed by atoms with Crippen molar-refractivity contribution in [2.24, 2.45) is 0 Å². The molecule has 1 aliphatic heterocycles. The van der Waals surface area contributed by atoms with Gasteiger partial charge in [0.05, 0.1) is 0 Å². The van der Waals surface area contributed by atoms with Crippen LogP contribution in [0.2, 0.25) is 0 Å². The predicted molar refractivity (Wildman–Crippen MR) is 91.1 cm³/mol. The van der Waals surface area contributed by atoms with Crippen molar-refractivity contribution in [1.82, 2.24) is 9.80 Å². The van der Waals surface area contributed by atoms with Crippen LogP contribution in [0.15, 0.2) is 42.5 Å². The Morgan fingerprint density at radius 2 is 1.50 bits per heavy atom. The van der Waals surface area contributed by atoms with E-state index in [0.717, 1.165) is 43.7 Å². The minimum Gasteiger partial charge on any atom is -0.304 e. The zero-order chi connectivity index (χ0) is 16.7. The molecule has 1 heterocycles. The maximum Gasteiger partial charge on any atom is 0.123 e. The van der Waals surface area contributed by atoms with E-state index in [9.17, 15) is 8.78 Å². The number of likely N-dealkylation sites (N-methyl/N-ethyl adjacent to an activating group) is 1. The van der Waals surface area contributed by atoms with Crippen molar-refractivity contribution in [1.29, 1.82) is 0 Å². The Morgan fingerprint density at radius 3 is 2.21 bits per heavy atom. The molecule has 2 aromatic carbocycles. The van der Waals surface area contributed by atoms with Gasteiger partial charge >= 0.3 is 0 Å². The first kappa shape index (κ1) is 15.7. The van der Waals surface area contributed by atoms with E-state index in [1.165, 1.54) is 17.7 Å². The molecule has 0 radical (unpaired) electrons. The van der Waals surface area contributed by atoms with Crippen molar-refractivity contribution < 1.29 is 8.78 Å². The topological polar surface area (TPSA) is 6.48 Å². The molecule has 0 N–H and O–H groups in total. The Balaban J connectivity index is 1.68. The predicted octanol–water partition coefficient (Wildman–Crippen LogP) is 3.79. The second kappa shape index (κ2) is 6.26. The van der Waals surface area contributed by atoms with Gasteiger partial charge in [0.1, 0.15) is 11.6 Å². The van der Waals surface area contributed by atoms with E-state index in [2.05, 4.69) is 16.8 Å². The van der Waals surface area contributed by atoms with E-state index >= 15 is 0 Å². The molecule has 24 heavy (non-hydrogen) atoms. The fourth-order valence-electron chi connectivity index (χ4n) is 4.12. The second-order valence-electron chi connectivity index (χ2n) is 6.97. The lowest BCUT2D eigenvalue weighted by Crippen LogP contribution is -2.45. The molecule has 2 aliphatic rings. The molecule has 1 aliphatic carbocycles. The first-order chi connectivity index (χ1) is 11.6. The van der Waals surface area contributed by atoms with Crippen LogP contribution in [-0.4, -0.2) is 43.0 Å². The molecule has 0 bridgehead atoms. The number of hydrogen-bond donors (Lipinski definition) is 0. The summed E-state index contributed by atoms with van der Waals surface area (Å²) in [6.45, 7) is 4.10. The summed E-state index contributed by atoms with van der Waals surface area (Å²) in [5.41, 5.74) is 3.40. The standard InChI is InChI=1S/C20H22F2N2/c1-23-8-10-24(11-9-23)20-13-18(14-2-4-15(21)5-3-14)17-7-6-16(22)12-19(17)20/h2-7,12,18,20H,8-11,13H2,1H3/t18?,20-/m0/s1. The summed E-state index contributed by atoms with van der Waals surface area (Å²) in [6.07, 6.45) is 0.939. The first-order valence-electron chi connectivity index (χ1n) is 8.59. The minimum absolute atomic E-state index is 0.173. The van der Waals surface area contributed by atoms with Gasteiger partial charge in [0, 0.05) is 38.1 Å². The second-order valence-corrected chi connectivity index (χ2v) is 6.97. The number of rotatable bonds is 2. The van der Waals surface area contributed by atoms with Crippen molar-refractivity contribution >= 4 is 0 Å². The van der Waals surface area contributed by atoms with Gasteiger partial charge in [0.25, 0.3) is 0 Å². The van der Waals surface area contributed by atoms with Crippen LogP contribution in [0, 0.1) is 11.6 Å². The SMILES string of the molecule is CN1CCN([C@H]2CC(c3ccc(F)cc3)c3ccc(F)cc32)CC1. The molecular formula is C20H22F2N2. The maximum absolute atomic E-state index is 13.9. The molecule has 0 amide bonds. The van der Waals surface area contributed by atoms with E-state index in [4.69, 9.17) is 0 Å². The van der Waals surface area contributed by atoms with Crippen molar-refractivity contribution in [3.63, 3.8) is 0 Å². The summed E-state index contributed by atoms with van der Waals surface area (Å²) in [5.74, 6) is -0.176. The van der Waals surface area contributed by atoms with Crippen LogP contribution in [-0.2, 0) is 0 Å². The van der Waals surface area contributed by atoms with Gasteiger partial charge in [-0.25, -0.2) is 8.78 Å². The Labute approximate surface area is 141 Å². The third-order valence-corrected chi connectivity index (χ3v) is 5.49. The maximum atomic E-state index is 13.9. The highest BCUT2D eigenvalue weighted by atomic mass is 19.1. The monoisotopic (exact) mass is 328 g/mol. The quantitative estimate of drug-likeness (QED) is 0.828. The lowest BCUT2D eigenvalue weighted by Gasteiger charge is -2.37. The van der Waals surface area contributed by atoms with Crippen LogP contribution in [0.4, 0.5) is 8.78 Å². The molecule has 1 fully saturated rings. The summed E-state index contributed by atoms with van der Waals surface area (Å²) >= 11 is 0. The molecular weight excluding hydrogens is 306 g/mol. The molecule has 2 atom stereocenters. The van der Waals surface area contributed by atoms with Crippen LogP contribution in [0.1, 0.15) is 35.1 Å². The number of halogens is 2. The highest BCUT2D eigenvalue weighted by Gasteiger charge is 2.36. The molecule has 126 valence electrons. The Hall–Kier alpha value is -1.78. The largest absolute Gasteiger partial charge is 0.304 e. The van der Waals surface area contributed by atoms with E-state index in [0.29, 0.717) is 0 Å². The summed E-state index contributed by atoms with van der Waals surface area (Å²) in [6, 6.07) is 12.2. The third kappa shape index (κ3) is 2.85. The number of piperazine rings is 1. The van der Waals surface area contributed by atoms with E-state index < -0.39 is 0 Å². The summed E-state index contributed by atoms with van der Waals surface area (Å²) in [7, 11) is 2.14. The minimum atomic E-state index is -0.216. The number of benzene rings is 2. The fourth-order valence-corrected chi connectivity index (χ4v) is 4.12. The van der Waals surface area contributed by atoms with Crippen LogP contribution in [0.3, 0.4) is 0 Å². The van der Waals surface area contributed by atoms with Crippen LogP contribution >= 0.6 is 0 Å². The summed E-state index contributed by atoms with van der Waals surface area (Å²) in [5, 5.41) is 0. The van der Waals surface area contributed by atoms with Gasteiger partial charge in [-0.15, -0.1) is 0 Å². The Bertz CT molecular complexity index is 721. The third-order valence-electron chi connectivity index (χ3n) is 5.49.